The van der Waals surface area contributed by atoms with Gasteiger partial charge in [0.1, 0.15) is 13.2 Å². The molecule has 0 N–H and O–H groups in total. The Morgan fingerprint density at radius 3 is 1.53 bits per heavy atom. The van der Waals surface area contributed by atoms with Crippen molar-refractivity contribution in [1.82, 2.24) is 19.6 Å². The van der Waals surface area contributed by atoms with Crippen LogP contribution in [0.25, 0.3) is 0 Å². The molecule has 0 spiro atoms. The van der Waals surface area contributed by atoms with Gasteiger partial charge in [-0.25, -0.2) is 0 Å². The number of nitro groups is 1. The summed E-state index contributed by atoms with van der Waals surface area (Å²) in [5.74, 6) is -0.116. The highest BCUT2D eigenvalue weighted by molar-refractivity contribution is 5.72. The second kappa shape index (κ2) is 19.1. The maximum absolute atomic E-state index is 12.9. The third-order valence-corrected chi connectivity index (χ3v) is 9.26. The van der Waals surface area contributed by atoms with E-state index in [1.165, 1.54) is 0 Å². The van der Waals surface area contributed by atoms with E-state index >= 15 is 0 Å². The van der Waals surface area contributed by atoms with Crippen LogP contribution in [0, 0.1) is 16.0 Å². The predicted octanol–water partition coefficient (Wildman–Crippen LogP) is 4.26. The smallest absolute Gasteiger partial charge is 0.320 e. The lowest BCUT2D eigenvalue weighted by molar-refractivity contribution is -0.384. The molecular formula is C38H49N5O6. The molecule has 262 valence electrons. The molecule has 0 aromatic heterocycles. The van der Waals surface area contributed by atoms with E-state index in [-0.39, 0.29) is 48.9 Å². The van der Waals surface area contributed by atoms with Crippen molar-refractivity contribution in [3.8, 4) is 0 Å². The molecule has 49 heavy (non-hydrogen) atoms. The Morgan fingerprint density at radius 1 is 0.612 bits per heavy atom. The Hall–Kier alpha value is -4.16. The minimum atomic E-state index is -0.359. The van der Waals surface area contributed by atoms with Crippen molar-refractivity contribution >= 4 is 17.6 Å². The first-order valence-electron chi connectivity index (χ1n) is 17.4. The van der Waals surface area contributed by atoms with Gasteiger partial charge >= 0.3 is 11.9 Å². The number of carbonyl (C=O) groups is 2. The van der Waals surface area contributed by atoms with Crippen molar-refractivity contribution in [3.05, 3.63) is 112 Å². The summed E-state index contributed by atoms with van der Waals surface area (Å²) >= 11 is 0. The number of rotatable bonds is 11. The molecule has 2 bridgehead atoms. The summed E-state index contributed by atoms with van der Waals surface area (Å²) in [5.41, 5.74) is 3.14. The Balaban J connectivity index is 1.24. The molecule has 2 aliphatic rings. The summed E-state index contributed by atoms with van der Waals surface area (Å²) in [6.07, 6.45) is 2.61. The monoisotopic (exact) mass is 671 g/mol. The summed E-state index contributed by atoms with van der Waals surface area (Å²) in [5, 5.41) is 11.2. The Morgan fingerprint density at radius 2 is 1.08 bits per heavy atom. The van der Waals surface area contributed by atoms with Crippen molar-refractivity contribution in [2.24, 2.45) is 5.92 Å². The van der Waals surface area contributed by atoms with Crippen LogP contribution in [0.15, 0.2) is 84.9 Å². The SMILES string of the molecule is O=C(CN1CCCN2CCN(CC(=O)OCc3ccccc3)CCCN(CC1)CC(Cc1ccc([N+](=O)[O-])cc1)C2)OCc1ccccc1. The number of nitro benzene ring substituents is 1. The van der Waals surface area contributed by atoms with Crippen LogP contribution in [0.5, 0.6) is 0 Å². The van der Waals surface area contributed by atoms with Crippen molar-refractivity contribution in [3.63, 3.8) is 0 Å². The van der Waals surface area contributed by atoms with Gasteiger partial charge in [-0.2, -0.15) is 0 Å². The summed E-state index contributed by atoms with van der Waals surface area (Å²) in [7, 11) is 0. The number of benzene rings is 3. The zero-order valence-corrected chi connectivity index (χ0v) is 28.4. The lowest BCUT2D eigenvalue weighted by Crippen LogP contribution is -2.42. The summed E-state index contributed by atoms with van der Waals surface area (Å²) in [6, 6.07) is 26.4. The normalized spacial score (nSPS) is 21.3. The van der Waals surface area contributed by atoms with Crippen LogP contribution in [0.3, 0.4) is 0 Å². The summed E-state index contributed by atoms with van der Waals surface area (Å²) in [4.78, 5) is 46.1. The van der Waals surface area contributed by atoms with E-state index in [4.69, 9.17) is 9.47 Å². The molecule has 2 heterocycles. The fraction of sp³-hybridized carbons (Fsp3) is 0.474. The fourth-order valence-corrected chi connectivity index (χ4v) is 6.67. The number of nitrogens with zero attached hydrogens (tertiary/aromatic N) is 5. The lowest BCUT2D eigenvalue weighted by atomic mass is 9.97. The van der Waals surface area contributed by atoms with Gasteiger partial charge in [-0.05, 0) is 55.0 Å². The molecule has 2 aliphatic heterocycles. The number of hydrogen-bond donors (Lipinski definition) is 0. The highest BCUT2D eigenvalue weighted by atomic mass is 16.6. The minimum absolute atomic E-state index is 0.102. The van der Waals surface area contributed by atoms with Gasteiger partial charge in [-0.15, -0.1) is 0 Å². The first-order valence-corrected chi connectivity index (χ1v) is 17.4. The van der Waals surface area contributed by atoms with E-state index < -0.39 is 0 Å². The fourth-order valence-electron chi connectivity index (χ4n) is 6.67. The minimum Gasteiger partial charge on any atom is -0.460 e. The lowest BCUT2D eigenvalue weighted by Gasteiger charge is -2.31. The third-order valence-electron chi connectivity index (χ3n) is 9.26. The number of hydrogen-bond acceptors (Lipinski definition) is 10. The molecule has 2 fully saturated rings. The Kier molecular flexibility index (Phi) is 14.1. The molecule has 5 rings (SSSR count). The molecule has 2 atom stereocenters. The van der Waals surface area contributed by atoms with E-state index in [0.29, 0.717) is 5.92 Å². The number of esters is 2. The molecule has 0 radical (unpaired) electrons. The molecule has 3 aromatic rings. The van der Waals surface area contributed by atoms with Crippen LogP contribution in [0.4, 0.5) is 5.69 Å². The summed E-state index contributed by atoms with van der Waals surface area (Å²) in [6.45, 7) is 9.21. The molecular weight excluding hydrogens is 622 g/mol. The van der Waals surface area contributed by atoms with Gasteiger partial charge in [0.25, 0.3) is 5.69 Å². The van der Waals surface area contributed by atoms with Gasteiger partial charge in [-0.3, -0.25) is 29.5 Å². The van der Waals surface area contributed by atoms with Gasteiger partial charge < -0.3 is 19.3 Å². The van der Waals surface area contributed by atoms with Gasteiger partial charge in [0.05, 0.1) is 18.0 Å². The van der Waals surface area contributed by atoms with E-state index in [0.717, 1.165) is 101 Å². The van der Waals surface area contributed by atoms with Crippen LogP contribution in [0.2, 0.25) is 0 Å². The van der Waals surface area contributed by atoms with Crippen molar-refractivity contribution in [1.29, 1.82) is 0 Å². The molecule has 2 saturated heterocycles. The van der Waals surface area contributed by atoms with Crippen molar-refractivity contribution in [2.45, 2.75) is 32.5 Å². The maximum Gasteiger partial charge on any atom is 0.320 e. The van der Waals surface area contributed by atoms with E-state index in [9.17, 15) is 19.7 Å². The largest absolute Gasteiger partial charge is 0.460 e. The van der Waals surface area contributed by atoms with Gasteiger partial charge in [0, 0.05) is 64.5 Å². The van der Waals surface area contributed by atoms with Crippen LogP contribution in [-0.2, 0) is 38.7 Å². The number of non-ortho nitro benzene ring substituents is 1. The van der Waals surface area contributed by atoms with E-state index in [1.54, 1.807) is 12.1 Å². The number of fused-ring (bicyclic) bond motifs is 4. The highest BCUT2D eigenvalue weighted by Crippen LogP contribution is 2.19. The van der Waals surface area contributed by atoms with Crippen molar-refractivity contribution < 1.29 is 24.0 Å². The van der Waals surface area contributed by atoms with Gasteiger partial charge in [-0.1, -0.05) is 72.8 Å². The third kappa shape index (κ3) is 12.7. The second-order valence-corrected chi connectivity index (χ2v) is 13.1. The van der Waals surface area contributed by atoms with Gasteiger partial charge in [0.15, 0.2) is 0 Å². The Bertz CT molecular complexity index is 1380. The zero-order valence-electron chi connectivity index (χ0n) is 28.4. The zero-order chi connectivity index (χ0) is 34.3. The van der Waals surface area contributed by atoms with Crippen molar-refractivity contribution in [2.75, 3.05) is 78.5 Å². The molecule has 0 amide bonds. The number of ether oxygens (including phenoxy) is 2. The molecule has 11 heteroatoms. The molecule has 0 saturated carbocycles. The second-order valence-electron chi connectivity index (χ2n) is 13.1. The maximum atomic E-state index is 12.9. The predicted molar refractivity (Wildman–Crippen MR) is 188 cm³/mol. The number of carbonyl (C=O) groups excluding carboxylic acids is 2. The Labute approximate surface area is 289 Å². The van der Waals surface area contributed by atoms with Crippen LogP contribution >= 0.6 is 0 Å². The molecule has 3 aromatic carbocycles. The van der Waals surface area contributed by atoms with Crippen LogP contribution in [-0.4, -0.2) is 115 Å². The molecule has 2 unspecified atom stereocenters. The highest BCUT2D eigenvalue weighted by Gasteiger charge is 2.24. The average molecular weight is 672 g/mol. The quantitative estimate of drug-likeness (QED) is 0.167. The van der Waals surface area contributed by atoms with E-state index in [1.807, 2.05) is 72.8 Å². The van der Waals surface area contributed by atoms with Gasteiger partial charge in [0.2, 0.25) is 0 Å². The van der Waals surface area contributed by atoms with Crippen LogP contribution in [0.1, 0.15) is 29.5 Å². The first kappa shape index (κ1) is 36.1. The topological polar surface area (TPSA) is 109 Å². The van der Waals surface area contributed by atoms with Crippen LogP contribution < -0.4 is 0 Å². The molecule has 11 nitrogen and oxygen atoms in total. The van der Waals surface area contributed by atoms with E-state index in [2.05, 4.69) is 19.6 Å². The first-order chi connectivity index (χ1) is 23.9. The standard InChI is InChI=1S/C38H49N5O6/c44-37(48-30-33-9-3-1-4-10-33)28-41-19-7-17-40-22-24-42(29-38(45)49-31-34-11-5-2-6-12-34)20-8-18-39(21-23-41)26-35(27-40)25-32-13-15-36(16-14-32)43(46)47/h1-6,9-16,35H,7-8,17-31H2. The average Bonchev–Trinajstić information content (AvgIpc) is 3.17. The molecule has 0 aliphatic carbocycles. The summed E-state index contributed by atoms with van der Waals surface area (Å²) < 4.78 is 11.3.